The average molecular weight is 283 g/mol. The van der Waals surface area contributed by atoms with Gasteiger partial charge in [0.25, 0.3) is 0 Å². The molecule has 0 aromatic carbocycles. The van der Waals surface area contributed by atoms with Crippen LogP contribution >= 0.6 is 11.6 Å². The van der Waals surface area contributed by atoms with Crippen LogP contribution < -0.4 is 5.32 Å². The summed E-state index contributed by atoms with van der Waals surface area (Å²) in [6, 6.07) is 2.67. The van der Waals surface area contributed by atoms with E-state index in [0.717, 1.165) is 37.1 Å². The Morgan fingerprint density at radius 1 is 1.42 bits per heavy atom. The Morgan fingerprint density at radius 3 is 3.00 bits per heavy atom. The largest absolute Gasteiger partial charge is 0.370 e. The van der Waals surface area contributed by atoms with Crippen LogP contribution in [0.15, 0.2) is 6.07 Å². The highest BCUT2D eigenvalue weighted by atomic mass is 35.5. The van der Waals surface area contributed by atoms with Crippen molar-refractivity contribution in [1.29, 1.82) is 0 Å². The maximum atomic E-state index is 5.83. The fourth-order valence-corrected chi connectivity index (χ4v) is 2.84. The molecule has 5 heteroatoms. The predicted molar refractivity (Wildman–Crippen MR) is 79.8 cm³/mol. The summed E-state index contributed by atoms with van der Waals surface area (Å²) in [4.78, 5) is 10.8. The lowest BCUT2D eigenvalue weighted by Gasteiger charge is -2.33. The maximum Gasteiger partial charge on any atom is 0.224 e. The third kappa shape index (κ3) is 4.62. The number of rotatable bonds is 5. The fraction of sp³-hybridized carbons (Fsp3) is 0.714. The Kier molecular flexibility index (Phi) is 5.40. The first-order valence-corrected chi connectivity index (χ1v) is 7.52. The van der Waals surface area contributed by atoms with Gasteiger partial charge in [0.2, 0.25) is 5.28 Å². The van der Waals surface area contributed by atoms with E-state index in [1.165, 1.54) is 25.8 Å². The average Bonchev–Trinajstić information content (AvgIpc) is 2.35. The Labute approximate surface area is 120 Å². The minimum atomic E-state index is 0.312. The molecule has 0 amide bonds. The van der Waals surface area contributed by atoms with Crippen molar-refractivity contribution >= 4 is 17.4 Å². The van der Waals surface area contributed by atoms with Crippen molar-refractivity contribution in [2.45, 2.75) is 45.6 Å². The fourth-order valence-electron chi connectivity index (χ4n) is 2.61. The van der Waals surface area contributed by atoms with Crippen LogP contribution in [0, 0.1) is 6.92 Å². The summed E-state index contributed by atoms with van der Waals surface area (Å²) in [6.45, 7) is 7.59. The lowest BCUT2D eigenvalue weighted by Crippen LogP contribution is -2.38. The van der Waals surface area contributed by atoms with Gasteiger partial charge >= 0.3 is 0 Å². The monoisotopic (exact) mass is 282 g/mol. The number of hydrogen-bond donors (Lipinski definition) is 1. The number of aromatic nitrogens is 2. The SMILES string of the molecule is Cc1cc(NCCCN2CCCCC2C)nc(Cl)n1. The van der Waals surface area contributed by atoms with Crippen LogP contribution in [-0.4, -0.2) is 40.5 Å². The lowest BCUT2D eigenvalue weighted by atomic mass is 10.0. The zero-order chi connectivity index (χ0) is 13.7. The van der Waals surface area contributed by atoms with E-state index < -0.39 is 0 Å². The topological polar surface area (TPSA) is 41.0 Å². The van der Waals surface area contributed by atoms with Crippen LogP contribution in [0.4, 0.5) is 5.82 Å². The second-order valence-corrected chi connectivity index (χ2v) is 5.66. The molecule has 0 bridgehead atoms. The lowest BCUT2D eigenvalue weighted by molar-refractivity contribution is 0.160. The van der Waals surface area contributed by atoms with E-state index in [0.29, 0.717) is 5.28 Å². The number of likely N-dealkylation sites (tertiary alicyclic amines) is 1. The number of nitrogens with one attached hydrogen (secondary N) is 1. The number of hydrogen-bond acceptors (Lipinski definition) is 4. The van der Waals surface area contributed by atoms with Crippen LogP contribution in [0.1, 0.15) is 38.3 Å². The molecule has 0 radical (unpaired) electrons. The number of nitrogens with zero attached hydrogens (tertiary/aromatic N) is 3. The minimum Gasteiger partial charge on any atom is -0.370 e. The van der Waals surface area contributed by atoms with Crippen molar-refractivity contribution in [3.8, 4) is 0 Å². The van der Waals surface area contributed by atoms with Crippen LogP contribution in [0.3, 0.4) is 0 Å². The number of aryl methyl sites for hydroxylation is 1. The molecule has 1 aliphatic rings. The van der Waals surface area contributed by atoms with Gasteiger partial charge in [0.15, 0.2) is 0 Å². The van der Waals surface area contributed by atoms with E-state index in [1.54, 1.807) is 0 Å². The van der Waals surface area contributed by atoms with Crippen LogP contribution in [0.2, 0.25) is 5.28 Å². The van der Waals surface area contributed by atoms with Gasteiger partial charge in [-0.2, -0.15) is 0 Å². The molecule has 1 unspecified atom stereocenters. The molecule has 106 valence electrons. The number of halogens is 1. The molecule has 1 saturated heterocycles. The third-order valence-electron chi connectivity index (χ3n) is 3.70. The first-order chi connectivity index (χ1) is 9.15. The van der Waals surface area contributed by atoms with E-state index in [1.807, 2.05) is 13.0 Å². The molecule has 0 saturated carbocycles. The van der Waals surface area contributed by atoms with Gasteiger partial charge in [0, 0.05) is 30.9 Å². The van der Waals surface area contributed by atoms with E-state index >= 15 is 0 Å². The molecule has 2 heterocycles. The quantitative estimate of drug-likeness (QED) is 0.665. The summed E-state index contributed by atoms with van der Waals surface area (Å²) >= 11 is 5.83. The van der Waals surface area contributed by atoms with Crippen LogP contribution in [0.25, 0.3) is 0 Å². The van der Waals surface area contributed by atoms with Gasteiger partial charge in [-0.1, -0.05) is 6.42 Å². The molecular weight excluding hydrogens is 260 g/mol. The Hall–Kier alpha value is -0.870. The van der Waals surface area contributed by atoms with E-state index in [-0.39, 0.29) is 0 Å². The molecule has 0 spiro atoms. The molecule has 2 rings (SSSR count). The molecule has 1 aromatic rings. The van der Waals surface area contributed by atoms with Crippen LogP contribution in [0.5, 0.6) is 0 Å². The standard InChI is InChI=1S/C14H23ClN4/c1-11-10-13(18-14(15)17-11)16-7-5-9-19-8-4-3-6-12(19)2/h10,12H,3-9H2,1-2H3,(H,16,17,18). The number of anilines is 1. The summed E-state index contributed by atoms with van der Waals surface area (Å²) < 4.78 is 0. The van der Waals surface area contributed by atoms with E-state index in [2.05, 4.69) is 27.1 Å². The van der Waals surface area contributed by atoms with Crippen LogP contribution in [-0.2, 0) is 0 Å². The molecule has 1 N–H and O–H groups in total. The van der Waals surface area contributed by atoms with Gasteiger partial charge in [-0.05, 0) is 51.3 Å². The second-order valence-electron chi connectivity index (χ2n) is 5.32. The van der Waals surface area contributed by atoms with Crippen molar-refractivity contribution in [2.24, 2.45) is 0 Å². The van der Waals surface area contributed by atoms with Gasteiger partial charge in [0.05, 0.1) is 0 Å². The van der Waals surface area contributed by atoms with E-state index in [4.69, 9.17) is 11.6 Å². The highest BCUT2D eigenvalue weighted by Crippen LogP contribution is 2.16. The van der Waals surface area contributed by atoms with Gasteiger partial charge in [-0.25, -0.2) is 9.97 Å². The Bertz CT molecular complexity index is 390. The first-order valence-electron chi connectivity index (χ1n) is 7.14. The van der Waals surface area contributed by atoms with Gasteiger partial charge < -0.3 is 10.2 Å². The molecule has 1 aromatic heterocycles. The number of piperidine rings is 1. The molecule has 1 atom stereocenters. The Balaban J connectivity index is 1.71. The summed E-state index contributed by atoms with van der Waals surface area (Å²) in [5.41, 5.74) is 0.896. The zero-order valence-corrected chi connectivity index (χ0v) is 12.6. The molecular formula is C14H23ClN4. The van der Waals surface area contributed by atoms with Crippen molar-refractivity contribution in [2.75, 3.05) is 25.0 Å². The second kappa shape index (κ2) is 7.06. The Morgan fingerprint density at radius 2 is 2.26 bits per heavy atom. The third-order valence-corrected chi connectivity index (χ3v) is 3.86. The summed E-state index contributed by atoms with van der Waals surface area (Å²) in [5, 5.41) is 3.63. The summed E-state index contributed by atoms with van der Waals surface area (Å²) in [5.74, 6) is 0.823. The highest BCUT2D eigenvalue weighted by molar-refractivity contribution is 6.28. The summed E-state index contributed by atoms with van der Waals surface area (Å²) in [7, 11) is 0. The summed E-state index contributed by atoms with van der Waals surface area (Å²) in [6.07, 6.45) is 5.20. The molecule has 19 heavy (non-hydrogen) atoms. The molecule has 1 fully saturated rings. The van der Waals surface area contributed by atoms with E-state index in [9.17, 15) is 0 Å². The smallest absolute Gasteiger partial charge is 0.224 e. The van der Waals surface area contributed by atoms with Gasteiger partial charge in [-0.15, -0.1) is 0 Å². The minimum absolute atomic E-state index is 0.312. The maximum absolute atomic E-state index is 5.83. The van der Waals surface area contributed by atoms with Crippen molar-refractivity contribution in [3.63, 3.8) is 0 Å². The molecule has 0 aliphatic carbocycles. The van der Waals surface area contributed by atoms with Crippen molar-refractivity contribution in [1.82, 2.24) is 14.9 Å². The predicted octanol–water partition coefficient (Wildman–Crippen LogP) is 3.11. The normalized spacial score (nSPS) is 20.5. The van der Waals surface area contributed by atoms with Crippen molar-refractivity contribution in [3.05, 3.63) is 17.0 Å². The zero-order valence-electron chi connectivity index (χ0n) is 11.8. The van der Waals surface area contributed by atoms with Gasteiger partial charge in [-0.3, -0.25) is 0 Å². The molecule has 4 nitrogen and oxygen atoms in total. The molecule has 1 aliphatic heterocycles. The van der Waals surface area contributed by atoms with Gasteiger partial charge in [0.1, 0.15) is 5.82 Å². The highest BCUT2D eigenvalue weighted by Gasteiger charge is 2.16. The van der Waals surface area contributed by atoms with Crippen molar-refractivity contribution < 1.29 is 0 Å². The first kappa shape index (κ1) is 14.5.